The Bertz CT molecular complexity index is 467. The molecule has 1 aliphatic rings. The van der Waals surface area contributed by atoms with Gasteiger partial charge in [0.1, 0.15) is 0 Å². The number of nitrogens with one attached hydrogen (secondary N) is 1. The summed E-state index contributed by atoms with van der Waals surface area (Å²) in [6.45, 7) is 0. The van der Waals surface area contributed by atoms with Gasteiger partial charge in [-0.25, -0.2) is 4.79 Å². The van der Waals surface area contributed by atoms with Gasteiger partial charge < -0.3 is 16.2 Å². The summed E-state index contributed by atoms with van der Waals surface area (Å²) in [5, 5.41) is 12.1. The summed E-state index contributed by atoms with van der Waals surface area (Å²) in [6, 6.07) is 4.61. The van der Waals surface area contributed by atoms with Crippen molar-refractivity contribution >= 4 is 17.6 Å². The van der Waals surface area contributed by atoms with Gasteiger partial charge in [0.25, 0.3) is 5.91 Å². The first-order chi connectivity index (χ1) is 8.08. The Morgan fingerprint density at radius 1 is 1.35 bits per heavy atom. The number of aromatic carboxylic acids is 1. The van der Waals surface area contributed by atoms with E-state index in [-0.39, 0.29) is 5.56 Å². The van der Waals surface area contributed by atoms with Crippen LogP contribution in [0.1, 0.15) is 40.0 Å². The second-order valence-corrected chi connectivity index (χ2v) is 4.20. The number of carbonyl (C=O) groups is 2. The van der Waals surface area contributed by atoms with Crippen LogP contribution in [0, 0.1) is 0 Å². The van der Waals surface area contributed by atoms with Gasteiger partial charge >= 0.3 is 5.97 Å². The van der Waals surface area contributed by atoms with Gasteiger partial charge in [0.15, 0.2) is 0 Å². The number of rotatable bonds is 4. The zero-order valence-electron chi connectivity index (χ0n) is 9.27. The van der Waals surface area contributed by atoms with E-state index in [1.54, 1.807) is 0 Å². The standard InChI is InChI=1S/C12H14N2O3/c13-11(15)9-5-4-7(12(16)17)6-10(9)14-8-2-1-3-8/h4-6,8,14H,1-3H2,(H2,13,15)(H,16,17). The molecule has 0 saturated heterocycles. The van der Waals surface area contributed by atoms with Crippen LogP contribution in [0.15, 0.2) is 18.2 Å². The SMILES string of the molecule is NC(=O)c1ccc(C(=O)O)cc1NC1CCC1. The number of carboxylic acid groups (broad SMARTS) is 1. The van der Waals surface area contributed by atoms with Gasteiger partial charge in [0, 0.05) is 11.7 Å². The molecule has 1 amide bonds. The molecule has 90 valence electrons. The van der Waals surface area contributed by atoms with E-state index in [0.29, 0.717) is 17.3 Å². The van der Waals surface area contributed by atoms with Crippen molar-refractivity contribution < 1.29 is 14.7 Å². The Morgan fingerprint density at radius 3 is 2.53 bits per heavy atom. The number of hydrogen-bond donors (Lipinski definition) is 3. The summed E-state index contributed by atoms with van der Waals surface area (Å²) in [4.78, 5) is 22.1. The lowest BCUT2D eigenvalue weighted by Crippen LogP contribution is -2.28. The van der Waals surface area contributed by atoms with Gasteiger partial charge in [-0.05, 0) is 37.5 Å². The van der Waals surface area contributed by atoms with Crippen LogP contribution < -0.4 is 11.1 Å². The molecule has 1 aromatic rings. The van der Waals surface area contributed by atoms with Crippen molar-refractivity contribution in [3.8, 4) is 0 Å². The molecule has 0 bridgehead atoms. The lowest BCUT2D eigenvalue weighted by molar-refractivity contribution is 0.0696. The lowest BCUT2D eigenvalue weighted by atomic mass is 9.92. The van der Waals surface area contributed by atoms with E-state index in [2.05, 4.69) is 5.32 Å². The number of hydrogen-bond acceptors (Lipinski definition) is 3. The molecule has 4 N–H and O–H groups in total. The largest absolute Gasteiger partial charge is 0.478 e. The van der Waals surface area contributed by atoms with E-state index in [9.17, 15) is 9.59 Å². The van der Waals surface area contributed by atoms with Crippen LogP contribution in [0.4, 0.5) is 5.69 Å². The molecule has 0 spiro atoms. The van der Waals surface area contributed by atoms with Crippen LogP contribution in [0.2, 0.25) is 0 Å². The molecule has 0 heterocycles. The van der Waals surface area contributed by atoms with Gasteiger partial charge in [-0.1, -0.05) is 0 Å². The van der Waals surface area contributed by atoms with Crippen molar-refractivity contribution in [2.75, 3.05) is 5.32 Å². The molecule has 2 rings (SSSR count). The Morgan fingerprint density at radius 2 is 2.06 bits per heavy atom. The fraction of sp³-hybridized carbons (Fsp3) is 0.333. The molecule has 0 aromatic heterocycles. The highest BCUT2D eigenvalue weighted by atomic mass is 16.4. The third-order valence-corrected chi connectivity index (χ3v) is 3.00. The van der Waals surface area contributed by atoms with E-state index >= 15 is 0 Å². The van der Waals surface area contributed by atoms with E-state index in [1.807, 2.05) is 0 Å². The zero-order chi connectivity index (χ0) is 12.4. The average molecular weight is 234 g/mol. The molecule has 0 radical (unpaired) electrons. The molecule has 17 heavy (non-hydrogen) atoms. The highest BCUT2D eigenvalue weighted by Crippen LogP contribution is 2.26. The van der Waals surface area contributed by atoms with Crippen molar-refractivity contribution in [2.45, 2.75) is 25.3 Å². The molecular weight excluding hydrogens is 220 g/mol. The van der Waals surface area contributed by atoms with Crippen molar-refractivity contribution in [3.05, 3.63) is 29.3 Å². The monoisotopic (exact) mass is 234 g/mol. The number of carboxylic acids is 1. The quantitative estimate of drug-likeness (QED) is 0.735. The summed E-state index contributed by atoms with van der Waals surface area (Å²) < 4.78 is 0. The Balaban J connectivity index is 2.32. The van der Waals surface area contributed by atoms with Crippen LogP contribution in [-0.4, -0.2) is 23.0 Å². The normalized spacial score (nSPS) is 15.1. The van der Waals surface area contributed by atoms with Gasteiger partial charge in [0.2, 0.25) is 0 Å². The lowest BCUT2D eigenvalue weighted by Gasteiger charge is -2.28. The molecule has 1 fully saturated rings. The maximum atomic E-state index is 11.2. The van der Waals surface area contributed by atoms with E-state index in [0.717, 1.165) is 19.3 Å². The molecule has 5 nitrogen and oxygen atoms in total. The van der Waals surface area contributed by atoms with E-state index in [4.69, 9.17) is 10.8 Å². The van der Waals surface area contributed by atoms with Gasteiger partial charge in [-0.2, -0.15) is 0 Å². The molecule has 0 unspecified atom stereocenters. The predicted molar refractivity (Wildman–Crippen MR) is 63.2 cm³/mol. The summed E-state index contributed by atoms with van der Waals surface area (Å²) in [7, 11) is 0. The van der Waals surface area contributed by atoms with Crippen molar-refractivity contribution in [1.29, 1.82) is 0 Å². The third kappa shape index (κ3) is 2.38. The van der Waals surface area contributed by atoms with Crippen molar-refractivity contribution in [3.63, 3.8) is 0 Å². The van der Waals surface area contributed by atoms with Crippen LogP contribution >= 0.6 is 0 Å². The minimum Gasteiger partial charge on any atom is -0.478 e. The minimum absolute atomic E-state index is 0.150. The first-order valence-corrected chi connectivity index (χ1v) is 5.51. The van der Waals surface area contributed by atoms with Crippen molar-refractivity contribution in [2.24, 2.45) is 5.73 Å². The van der Waals surface area contributed by atoms with Gasteiger partial charge in [0.05, 0.1) is 11.1 Å². The minimum atomic E-state index is -1.02. The van der Waals surface area contributed by atoms with Gasteiger partial charge in [-0.3, -0.25) is 4.79 Å². The summed E-state index contributed by atoms with van der Waals surface area (Å²) >= 11 is 0. The van der Waals surface area contributed by atoms with Crippen LogP contribution in [0.3, 0.4) is 0 Å². The molecule has 1 saturated carbocycles. The Hall–Kier alpha value is -2.04. The predicted octanol–water partition coefficient (Wildman–Crippen LogP) is 1.45. The van der Waals surface area contributed by atoms with E-state index < -0.39 is 11.9 Å². The fourth-order valence-corrected chi connectivity index (χ4v) is 1.78. The number of carbonyl (C=O) groups excluding carboxylic acids is 1. The molecule has 5 heteroatoms. The summed E-state index contributed by atoms with van der Waals surface area (Å²) in [5.74, 6) is -1.57. The fourth-order valence-electron chi connectivity index (χ4n) is 1.78. The molecule has 0 aliphatic heterocycles. The molecule has 1 aromatic carbocycles. The smallest absolute Gasteiger partial charge is 0.335 e. The summed E-state index contributed by atoms with van der Waals surface area (Å²) in [5.41, 5.74) is 6.25. The second kappa shape index (κ2) is 4.45. The number of amides is 1. The number of primary amides is 1. The summed E-state index contributed by atoms with van der Waals surface area (Å²) in [6.07, 6.45) is 3.23. The zero-order valence-corrected chi connectivity index (χ0v) is 9.27. The number of benzene rings is 1. The second-order valence-electron chi connectivity index (χ2n) is 4.20. The third-order valence-electron chi connectivity index (χ3n) is 3.00. The topological polar surface area (TPSA) is 92.4 Å². The number of anilines is 1. The Labute approximate surface area is 98.6 Å². The van der Waals surface area contributed by atoms with E-state index in [1.165, 1.54) is 18.2 Å². The molecule has 1 aliphatic carbocycles. The highest BCUT2D eigenvalue weighted by molar-refractivity contribution is 6.00. The maximum absolute atomic E-state index is 11.2. The van der Waals surface area contributed by atoms with Crippen LogP contribution in [0.5, 0.6) is 0 Å². The molecule has 0 atom stereocenters. The van der Waals surface area contributed by atoms with Crippen molar-refractivity contribution in [1.82, 2.24) is 0 Å². The maximum Gasteiger partial charge on any atom is 0.335 e. The van der Waals surface area contributed by atoms with Crippen LogP contribution in [-0.2, 0) is 0 Å². The first kappa shape index (κ1) is 11.4. The van der Waals surface area contributed by atoms with Crippen LogP contribution in [0.25, 0.3) is 0 Å². The first-order valence-electron chi connectivity index (χ1n) is 5.51. The van der Waals surface area contributed by atoms with Gasteiger partial charge in [-0.15, -0.1) is 0 Å². The molecular formula is C12H14N2O3. The highest BCUT2D eigenvalue weighted by Gasteiger charge is 2.20. The average Bonchev–Trinajstić information content (AvgIpc) is 2.22. The Kier molecular flexibility index (Phi) is 2.99. The number of nitrogens with two attached hydrogens (primary N) is 1.